The molecular formula is C19H24F3NO4. The van der Waals surface area contributed by atoms with Gasteiger partial charge in [0, 0.05) is 26.6 Å². The van der Waals surface area contributed by atoms with E-state index in [1.54, 1.807) is 6.92 Å². The zero-order valence-corrected chi connectivity index (χ0v) is 15.4. The van der Waals surface area contributed by atoms with Gasteiger partial charge in [-0.3, -0.25) is 9.59 Å². The summed E-state index contributed by atoms with van der Waals surface area (Å²) >= 11 is 0. The van der Waals surface area contributed by atoms with Crippen LogP contribution in [0.1, 0.15) is 43.2 Å². The molecular weight excluding hydrogens is 363 g/mol. The Morgan fingerprint density at radius 2 is 1.93 bits per heavy atom. The first-order chi connectivity index (χ1) is 12.6. The lowest BCUT2D eigenvalue weighted by Gasteiger charge is -2.39. The lowest BCUT2D eigenvalue weighted by atomic mass is 9.80. The molecule has 1 aliphatic heterocycles. The maximum atomic E-state index is 12.7. The zero-order chi connectivity index (χ0) is 20.2. The van der Waals surface area contributed by atoms with Crippen LogP contribution < -0.4 is 0 Å². The highest BCUT2D eigenvalue weighted by molar-refractivity contribution is 5.80. The van der Waals surface area contributed by atoms with Crippen LogP contribution in [0.4, 0.5) is 13.2 Å². The van der Waals surface area contributed by atoms with Crippen LogP contribution >= 0.6 is 0 Å². The largest absolute Gasteiger partial charge is 0.481 e. The van der Waals surface area contributed by atoms with E-state index in [9.17, 15) is 27.9 Å². The molecule has 1 aromatic carbocycles. The lowest BCUT2D eigenvalue weighted by Crippen LogP contribution is -2.52. The molecule has 0 bridgehead atoms. The molecule has 1 aromatic rings. The molecule has 2 atom stereocenters. The minimum Gasteiger partial charge on any atom is -0.481 e. The van der Waals surface area contributed by atoms with E-state index in [2.05, 4.69) is 0 Å². The number of halogens is 3. The van der Waals surface area contributed by atoms with Crippen molar-refractivity contribution in [2.75, 3.05) is 26.8 Å². The van der Waals surface area contributed by atoms with Crippen LogP contribution in [0.2, 0.25) is 0 Å². The van der Waals surface area contributed by atoms with Crippen molar-refractivity contribution in [1.82, 2.24) is 4.90 Å². The average molecular weight is 387 g/mol. The normalized spacial score (nSPS) is 21.7. The van der Waals surface area contributed by atoms with Gasteiger partial charge in [0.05, 0.1) is 12.2 Å². The molecule has 1 saturated heterocycles. The third-order valence-electron chi connectivity index (χ3n) is 5.09. The van der Waals surface area contributed by atoms with Crippen LogP contribution in [0.5, 0.6) is 0 Å². The fourth-order valence-corrected chi connectivity index (χ4v) is 3.48. The molecule has 1 fully saturated rings. The molecule has 0 aliphatic carbocycles. The summed E-state index contributed by atoms with van der Waals surface area (Å²) in [6.07, 6.45) is -3.29. The third kappa shape index (κ3) is 5.00. The number of carboxylic acid groups (broad SMARTS) is 1. The van der Waals surface area contributed by atoms with Gasteiger partial charge in [0.25, 0.3) is 0 Å². The van der Waals surface area contributed by atoms with Crippen molar-refractivity contribution in [3.05, 3.63) is 35.4 Å². The van der Waals surface area contributed by atoms with Gasteiger partial charge in [-0.15, -0.1) is 0 Å². The van der Waals surface area contributed by atoms with Gasteiger partial charge in [-0.05, 0) is 36.5 Å². The van der Waals surface area contributed by atoms with Gasteiger partial charge >= 0.3 is 12.1 Å². The maximum absolute atomic E-state index is 12.7. The number of alkyl halides is 3. The second-order valence-electron chi connectivity index (χ2n) is 7.16. The summed E-state index contributed by atoms with van der Waals surface area (Å²) < 4.78 is 43.0. The number of nitrogens with zero attached hydrogens (tertiary/aromatic N) is 1. The van der Waals surface area contributed by atoms with E-state index in [-0.39, 0.29) is 31.4 Å². The highest BCUT2D eigenvalue weighted by Gasteiger charge is 2.43. The first-order valence-corrected chi connectivity index (χ1v) is 8.76. The molecule has 2 unspecified atom stereocenters. The quantitative estimate of drug-likeness (QED) is 0.811. The van der Waals surface area contributed by atoms with Gasteiger partial charge < -0.3 is 14.7 Å². The minimum absolute atomic E-state index is 0.0283. The van der Waals surface area contributed by atoms with Crippen LogP contribution in [0.15, 0.2) is 24.3 Å². The molecule has 0 aromatic heterocycles. The summed E-state index contributed by atoms with van der Waals surface area (Å²) in [5.41, 5.74) is -1.21. The average Bonchev–Trinajstić information content (AvgIpc) is 2.61. The number of piperidine rings is 1. The standard InChI is InChI=1S/C19H24F3NO4/c1-13(14-4-6-15(7-5-14)19(20,21)22)10-16(24)23-9-3-8-18(11-23,12-27-2)17(25)26/h4-7,13H,3,8-12H2,1-2H3,(H,25,26). The number of ether oxygens (including phenoxy) is 1. The second kappa shape index (κ2) is 8.29. The number of carbonyl (C=O) groups is 2. The van der Waals surface area contributed by atoms with E-state index in [1.165, 1.54) is 24.1 Å². The van der Waals surface area contributed by atoms with Gasteiger partial charge in [0.2, 0.25) is 5.91 Å². The Kier molecular flexibility index (Phi) is 6.51. The molecule has 1 N–H and O–H groups in total. The number of carbonyl (C=O) groups excluding carboxylic acids is 1. The van der Waals surface area contributed by atoms with Gasteiger partial charge in [-0.25, -0.2) is 0 Å². The maximum Gasteiger partial charge on any atom is 0.416 e. The summed E-state index contributed by atoms with van der Waals surface area (Å²) in [4.78, 5) is 25.8. The predicted octanol–water partition coefficient (Wildman–Crippen LogP) is 3.54. The first-order valence-electron chi connectivity index (χ1n) is 8.76. The van der Waals surface area contributed by atoms with E-state index < -0.39 is 23.1 Å². The van der Waals surface area contributed by atoms with Crippen molar-refractivity contribution in [2.45, 2.75) is 38.3 Å². The van der Waals surface area contributed by atoms with E-state index in [0.29, 0.717) is 24.9 Å². The molecule has 0 radical (unpaired) electrons. The van der Waals surface area contributed by atoms with Gasteiger partial charge in [0.15, 0.2) is 0 Å². The monoisotopic (exact) mass is 387 g/mol. The van der Waals surface area contributed by atoms with E-state index in [1.807, 2.05) is 0 Å². The van der Waals surface area contributed by atoms with Crippen LogP contribution in [-0.4, -0.2) is 48.7 Å². The van der Waals surface area contributed by atoms with Crippen molar-refractivity contribution in [2.24, 2.45) is 5.41 Å². The summed E-state index contributed by atoms with van der Waals surface area (Å²) in [5.74, 6) is -1.47. The summed E-state index contributed by atoms with van der Waals surface area (Å²) in [7, 11) is 1.43. The van der Waals surface area contributed by atoms with E-state index >= 15 is 0 Å². The van der Waals surface area contributed by atoms with Gasteiger partial charge in [-0.2, -0.15) is 13.2 Å². The number of carboxylic acids is 1. The number of hydrogen-bond acceptors (Lipinski definition) is 3. The van der Waals surface area contributed by atoms with Crippen LogP contribution in [0.3, 0.4) is 0 Å². The predicted molar refractivity (Wildman–Crippen MR) is 92.2 cm³/mol. The summed E-state index contributed by atoms with van der Waals surface area (Å²) in [6, 6.07) is 4.77. The van der Waals surface area contributed by atoms with Crippen LogP contribution in [0.25, 0.3) is 0 Å². The zero-order valence-electron chi connectivity index (χ0n) is 15.4. The van der Waals surface area contributed by atoms with Gasteiger partial charge in [0.1, 0.15) is 5.41 Å². The summed E-state index contributed by atoms with van der Waals surface area (Å²) in [5, 5.41) is 9.56. The fraction of sp³-hybridized carbons (Fsp3) is 0.579. The Morgan fingerprint density at radius 1 is 1.30 bits per heavy atom. The molecule has 0 spiro atoms. The Hall–Kier alpha value is -2.09. The summed E-state index contributed by atoms with van der Waals surface area (Å²) in [6.45, 7) is 2.34. The fourth-order valence-electron chi connectivity index (χ4n) is 3.48. The SMILES string of the molecule is COCC1(C(=O)O)CCCN(C(=O)CC(C)c2ccc(C(F)(F)F)cc2)C1. The van der Waals surface area contributed by atoms with Gasteiger partial charge in [-0.1, -0.05) is 19.1 Å². The number of hydrogen-bond donors (Lipinski definition) is 1. The number of rotatable bonds is 6. The molecule has 1 aliphatic rings. The molecule has 0 saturated carbocycles. The number of aliphatic carboxylic acids is 1. The molecule has 27 heavy (non-hydrogen) atoms. The number of benzene rings is 1. The molecule has 2 rings (SSSR count). The smallest absolute Gasteiger partial charge is 0.416 e. The molecule has 150 valence electrons. The van der Waals surface area contributed by atoms with Crippen LogP contribution in [-0.2, 0) is 20.5 Å². The van der Waals surface area contributed by atoms with Crippen molar-refractivity contribution in [3.63, 3.8) is 0 Å². The number of methoxy groups -OCH3 is 1. The highest BCUT2D eigenvalue weighted by Crippen LogP contribution is 2.33. The Labute approximate surface area is 156 Å². The van der Waals surface area contributed by atoms with Crippen molar-refractivity contribution in [3.8, 4) is 0 Å². The third-order valence-corrected chi connectivity index (χ3v) is 5.09. The van der Waals surface area contributed by atoms with E-state index in [0.717, 1.165) is 12.1 Å². The van der Waals surface area contributed by atoms with Crippen molar-refractivity contribution >= 4 is 11.9 Å². The Morgan fingerprint density at radius 3 is 2.44 bits per heavy atom. The minimum atomic E-state index is -4.40. The topological polar surface area (TPSA) is 66.8 Å². The molecule has 5 nitrogen and oxygen atoms in total. The van der Waals surface area contributed by atoms with Crippen molar-refractivity contribution in [1.29, 1.82) is 0 Å². The Bertz CT molecular complexity index is 671. The molecule has 1 amide bonds. The molecule has 1 heterocycles. The van der Waals surface area contributed by atoms with Crippen LogP contribution in [0, 0.1) is 5.41 Å². The lowest BCUT2D eigenvalue weighted by molar-refractivity contribution is -0.159. The van der Waals surface area contributed by atoms with Crippen molar-refractivity contribution < 1.29 is 32.6 Å². The second-order valence-corrected chi connectivity index (χ2v) is 7.16. The molecule has 8 heteroatoms. The first kappa shape index (κ1) is 21.2. The highest BCUT2D eigenvalue weighted by atomic mass is 19.4. The Balaban J connectivity index is 2.04. The van der Waals surface area contributed by atoms with E-state index in [4.69, 9.17) is 4.74 Å². The number of amides is 1. The number of likely N-dealkylation sites (tertiary alicyclic amines) is 1.